The van der Waals surface area contributed by atoms with E-state index in [1.54, 1.807) is 4.90 Å². The number of likely N-dealkylation sites (tertiary alicyclic amines) is 1. The van der Waals surface area contributed by atoms with Crippen LogP contribution in [0.1, 0.15) is 28.5 Å². The molecule has 1 amide bonds. The summed E-state index contributed by atoms with van der Waals surface area (Å²) in [6.45, 7) is 4.44. The first kappa shape index (κ1) is 18.1. The zero-order valence-corrected chi connectivity index (χ0v) is 16.0. The van der Waals surface area contributed by atoms with Crippen molar-refractivity contribution in [1.82, 2.24) is 19.5 Å². The quantitative estimate of drug-likeness (QED) is 0.681. The monoisotopic (exact) mass is 395 g/mol. The summed E-state index contributed by atoms with van der Waals surface area (Å²) in [5, 5.41) is 4.69. The summed E-state index contributed by atoms with van der Waals surface area (Å²) >= 11 is 0. The predicted molar refractivity (Wildman–Crippen MR) is 106 cm³/mol. The topological polar surface area (TPSA) is 63.0 Å². The fraction of sp³-hybridized carbons (Fsp3) is 0.381. The number of hydrogen-bond acceptors (Lipinski definition) is 5. The summed E-state index contributed by atoms with van der Waals surface area (Å²) in [5.41, 5.74) is 2.42. The van der Waals surface area contributed by atoms with E-state index >= 15 is 0 Å². The Balaban J connectivity index is 1.32. The number of carbonyl (C=O) groups is 1. The van der Waals surface area contributed by atoms with Gasteiger partial charge < -0.3 is 14.5 Å². The third-order valence-electron chi connectivity index (χ3n) is 5.64. The van der Waals surface area contributed by atoms with Crippen LogP contribution in [0.4, 0.5) is 10.1 Å². The second-order valence-electron chi connectivity index (χ2n) is 7.50. The molecule has 0 radical (unpaired) electrons. The summed E-state index contributed by atoms with van der Waals surface area (Å²) in [7, 11) is 0. The SMILES string of the molecule is O=C(c1ccc(F)cc1)N1CC[C@H](c2nc3ccc(N4CCOCC4)cn3n2)C1. The molecule has 0 unspecified atom stereocenters. The molecule has 2 aliphatic rings. The van der Waals surface area contributed by atoms with Crippen molar-refractivity contribution in [2.75, 3.05) is 44.3 Å². The van der Waals surface area contributed by atoms with Crippen LogP contribution in [0.15, 0.2) is 42.6 Å². The molecule has 0 spiro atoms. The maximum Gasteiger partial charge on any atom is 0.253 e. The number of halogens is 1. The minimum absolute atomic E-state index is 0.0779. The van der Waals surface area contributed by atoms with Crippen molar-refractivity contribution >= 4 is 17.2 Å². The number of rotatable bonds is 3. The van der Waals surface area contributed by atoms with Crippen LogP contribution in [-0.2, 0) is 4.74 Å². The second-order valence-corrected chi connectivity index (χ2v) is 7.50. The molecule has 1 atom stereocenters. The first-order valence-corrected chi connectivity index (χ1v) is 9.91. The van der Waals surface area contributed by atoms with Crippen molar-refractivity contribution in [3.05, 3.63) is 59.8 Å². The third kappa shape index (κ3) is 3.55. The van der Waals surface area contributed by atoms with Crippen molar-refractivity contribution in [2.45, 2.75) is 12.3 Å². The van der Waals surface area contributed by atoms with Crippen molar-refractivity contribution in [3.8, 4) is 0 Å². The molecule has 29 heavy (non-hydrogen) atoms. The Morgan fingerprint density at radius 2 is 1.86 bits per heavy atom. The molecule has 7 nitrogen and oxygen atoms in total. The van der Waals surface area contributed by atoms with E-state index in [1.807, 2.05) is 16.8 Å². The molecule has 0 aliphatic carbocycles. The maximum absolute atomic E-state index is 13.1. The number of aromatic nitrogens is 3. The average molecular weight is 395 g/mol. The fourth-order valence-electron chi connectivity index (χ4n) is 4.00. The molecule has 2 fully saturated rings. The van der Waals surface area contributed by atoms with E-state index in [2.05, 4.69) is 21.0 Å². The zero-order valence-electron chi connectivity index (χ0n) is 16.0. The highest BCUT2D eigenvalue weighted by molar-refractivity contribution is 5.94. The van der Waals surface area contributed by atoms with Crippen LogP contribution in [0.5, 0.6) is 0 Å². The maximum atomic E-state index is 13.1. The van der Waals surface area contributed by atoms with Crippen LogP contribution in [0.3, 0.4) is 0 Å². The molecule has 2 aromatic heterocycles. The van der Waals surface area contributed by atoms with Crippen LogP contribution in [0.25, 0.3) is 5.65 Å². The highest BCUT2D eigenvalue weighted by Gasteiger charge is 2.30. The van der Waals surface area contributed by atoms with Crippen molar-refractivity contribution in [2.24, 2.45) is 0 Å². The van der Waals surface area contributed by atoms with Crippen LogP contribution in [0, 0.1) is 5.82 Å². The van der Waals surface area contributed by atoms with Gasteiger partial charge in [-0.1, -0.05) is 0 Å². The molecule has 2 saturated heterocycles. The van der Waals surface area contributed by atoms with Crippen LogP contribution in [-0.4, -0.2) is 64.8 Å². The van der Waals surface area contributed by atoms with E-state index in [0.29, 0.717) is 18.7 Å². The lowest BCUT2D eigenvalue weighted by Crippen LogP contribution is -2.36. The molecule has 2 aliphatic heterocycles. The predicted octanol–water partition coefficient (Wildman–Crippen LogP) is 2.33. The molecule has 3 aromatic rings. The summed E-state index contributed by atoms with van der Waals surface area (Å²) in [5.74, 6) is 0.446. The molecule has 8 heteroatoms. The van der Waals surface area contributed by atoms with Gasteiger partial charge in [0.15, 0.2) is 11.5 Å². The van der Waals surface area contributed by atoms with Gasteiger partial charge in [0.05, 0.1) is 25.1 Å². The Kier molecular flexibility index (Phi) is 4.63. The minimum Gasteiger partial charge on any atom is -0.378 e. The van der Waals surface area contributed by atoms with Crippen molar-refractivity contribution < 1.29 is 13.9 Å². The normalized spacial score (nSPS) is 19.8. The smallest absolute Gasteiger partial charge is 0.253 e. The van der Waals surface area contributed by atoms with Gasteiger partial charge in [-0.05, 0) is 42.8 Å². The van der Waals surface area contributed by atoms with Gasteiger partial charge in [-0.3, -0.25) is 4.79 Å². The number of anilines is 1. The van der Waals surface area contributed by atoms with E-state index in [4.69, 9.17) is 4.74 Å². The number of fused-ring (bicyclic) bond motifs is 1. The van der Waals surface area contributed by atoms with E-state index < -0.39 is 0 Å². The molecule has 0 N–H and O–H groups in total. The van der Waals surface area contributed by atoms with Gasteiger partial charge in [0.25, 0.3) is 5.91 Å². The molecule has 5 rings (SSSR count). The molecule has 1 aromatic carbocycles. The number of amides is 1. The number of hydrogen-bond donors (Lipinski definition) is 0. The second kappa shape index (κ2) is 7.44. The molecule has 0 bridgehead atoms. The minimum atomic E-state index is -0.341. The summed E-state index contributed by atoms with van der Waals surface area (Å²) < 4.78 is 20.4. The Labute approximate surface area is 167 Å². The first-order valence-electron chi connectivity index (χ1n) is 9.91. The first-order chi connectivity index (χ1) is 14.2. The highest BCUT2D eigenvalue weighted by atomic mass is 19.1. The van der Waals surface area contributed by atoms with E-state index in [9.17, 15) is 9.18 Å². The van der Waals surface area contributed by atoms with E-state index in [-0.39, 0.29) is 17.6 Å². The Bertz CT molecular complexity index is 1030. The van der Waals surface area contributed by atoms with Crippen molar-refractivity contribution in [3.63, 3.8) is 0 Å². The van der Waals surface area contributed by atoms with Crippen LogP contribution < -0.4 is 4.90 Å². The van der Waals surface area contributed by atoms with Crippen molar-refractivity contribution in [1.29, 1.82) is 0 Å². The van der Waals surface area contributed by atoms with Gasteiger partial charge in [-0.25, -0.2) is 13.9 Å². The summed E-state index contributed by atoms with van der Waals surface area (Å²) in [6, 6.07) is 9.74. The number of benzene rings is 1. The van der Waals surface area contributed by atoms with Gasteiger partial charge in [0.1, 0.15) is 5.82 Å². The number of pyridine rings is 1. The van der Waals surface area contributed by atoms with Gasteiger partial charge in [-0.2, -0.15) is 5.10 Å². The lowest BCUT2D eigenvalue weighted by molar-refractivity contribution is 0.0790. The van der Waals surface area contributed by atoms with Crippen LogP contribution >= 0.6 is 0 Å². The number of ether oxygens (including phenoxy) is 1. The zero-order chi connectivity index (χ0) is 19.8. The molecule has 0 saturated carbocycles. The molecule has 4 heterocycles. The van der Waals surface area contributed by atoms with E-state index in [1.165, 1.54) is 24.3 Å². The van der Waals surface area contributed by atoms with Crippen LogP contribution in [0.2, 0.25) is 0 Å². The summed E-state index contributed by atoms with van der Waals surface area (Å²) in [6.07, 6.45) is 2.83. The van der Waals surface area contributed by atoms with Gasteiger partial charge >= 0.3 is 0 Å². The lowest BCUT2D eigenvalue weighted by Gasteiger charge is -2.28. The molecular weight excluding hydrogens is 373 g/mol. The van der Waals surface area contributed by atoms with Gasteiger partial charge in [0.2, 0.25) is 0 Å². The number of carbonyl (C=O) groups excluding carboxylic acids is 1. The largest absolute Gasteiger partial charge is 0.378 e. The fourth-order valence-corrected chi connectivity index (χ4v) is 4.00. The van der Waals surface area contributed by atoms with Gasteiger partial charge in [0, 0.05) is 37.7 Å². The Hall–Kier alpha value is -3.00. The molecular formula is C21H22FN5O2. The van der Waals surface area contributed by atoms with Gasteiger partial charge in [-0.15, -0.1) is 0 Å². The number of morpholine rings is 1. The Morgan fingerprint density at radius 1 is 1.07 bits per heavy atom. The molecule has 150 valence electrons. The average Bonchev–Trinajstić information content (AvgIpc) is 3.41. The summed E-state index contributed by atoms with van der Waals surface area (Å²) in [4.78, 5) is 21.4. The third-order valence-corrected chi connectivity index (χ3v) is 5.64. The highest BCUT2D eigenvalue weighted by Crippen LogP contribution is 2.27. The van der Waals surface area contributed by atoms with E-state index in [0.717, 1.165) is 49.9 Å². The lowest BCUT2D eigenvalue weighted by atomic mass is 10.1. The standard InChI is InChI=1S/C21H22FN5O2/c22-17-3-1-15(2-4-17)21(28)26-8-7-16(13-26)20-23-19-6-5-18(14-27(19)24-20)25-9-11-29-12-10-25/h1-6,14,16H,7-13H2/t16-/m0/s1. The number of nitrogens with zero attached hydrogens (tertiary/aromatic N) is 5. The Morgan fingerprint density at radius 3 is 2.66 bits per heavy atom.